The number of hydrogen-bond donors (Lipinski definition) is 0. The van der Waals surface area contributed by atoms with E-state index in [1.807, 2.05) is 97.1 Å². The van der Waals surface area contributed by atoms with Gasteiger partial charge in [0.25, 0.3) is 0 Å². The van der Waals surface area contributed by atoms with Gasteiger partial charge in [-0.3, -0.25) is 0 Å². The van der Waals surface area contributed by atoms with Crippen LogP contribution in [0.2, 0.25) is 5.02 Å². The van der Waals surface area contributed by atoms with E-state index in [4.69, 9.17) is 11.6 Å². The highest BCUT2D eigenvalue weighted by molar-refractivity contribution is 9.13. The molecular weight excluding hydrogens is 734 g/mol. The Morgan fingerprint density at radius 3 is 1.72 bits per heavy atom. The van der Waals surface area contributed by atoms with E-state index in [1.54, 1.807) is 0 Å². The maximum atomic E-state index is 16.5. The quantitative estimate of drug-likeness (QED) is 0.172. The standard InChI is InChI=1S/C30H16Br4ClF/c31-21-12-9-18(10-13-21)27-26(20-11-14-23(33)24(34)16-20)25(17-5-2-1-3-6-17)28(30(36)29(27)35)19-7-4-8-22(32)15-19/h1-16H. The Hall–Kier alpha value is -1.76. The summed E-state index contributed by atoms with van der Waals surface area (Å²) in [6.07, 6.45) is 0. The number of benzene rings is 5. The summed E-state index contributed by atoms with van der Waals surface area (Å²) >= 11 is 21.2. The smallest absolute Gasteiger partial charge is 0.150 e. The molecule has 0 saturated heterocycles. The first-order chi connectivity index (χ1) is 17.3. The molecule has 0 amide bonds. The van der Waals surface area contributed by atoms with Crippen LogP contribution in [0.25, 0.3) is 44.5 Å². The summed E-state index contributed by atoms with van der Waals surface area (Å²) in [5, 5.41) is 0.0843. The average molecular weight is 751 g/mol. The summed E-state index contributed by atoms with van der Waals surface area (Å²) in [4.78, 5) is 0. The molecule has 0 aliphatic carbocycles. The van der Waals surface area contributed by atoms with Crippen molar-refractivity contribution in [3.05, 3.63) is 126 Å². The van der Waals surface area contributed by atoms with Crippen LogP contribution in [-0.2, 0) is 0 Å². The van der Waals surface area contributed by atoms with Crippen LogP contribution in [-0.4, -0.2) is 0 Å². The van der Waals surface area contributed by atoms with E-state index in [9.17, 15) is 0 Å². The van der Waals surface area contributed by atoms with Gasteiger partial charge in [0.05, 0.1) is 5.02 Å². The van der Waals surface area contributed by atoms with E-state index in [-0.39, 0.29) is 5.02 Å². The SMILES string of the molecule is Fc1c(Cl)c(-c2ccc(Br)cc2)c(-c2ccc(Br)c(Br)c2)c(-c2ccccc2)c1-c1cccc(Br)c1. The summed E-state index contributed by atoms with van der Waals surface area (Å²) in [7, 11) is 0. The molecule has 0 unspecified atom stereocenters. The molecule has 0 aromatic heterocycles. The molecule has 5 aromatic rings. The van der Waals surface area contributed by atoms with Gasteiger partial charge < -0.3 is 0 Å². The van der Waals surface area contributed by atoms with Gasteiger partial charge in [0.1, 0.15) is 0 Å². The third-order valence-corrected chi connectivity index (χ3v) is 9.16. The van der Waals surface area contributed by atoms with E-state index >= 15 is 4.39 Å². The summed E-state index contributed by atoms with van der Waals surface area (Å²) in [6.45, 7) is 0. The predicted molar refractivity (Wildman–Crippen MR) is 164 cm³/mol. The predicted octanol–water partition coefficient (Wildman–Crippen LogP) is 12.2. The van der Waals surface area contributed by atoms with Crippen LogP contribution in [0, 0.1) is 5.82 Å². The van der Waals surface area contributed by atoms with Gasteiger partial charge in [-0.05, 0) is 96.1 Å². The molecule has 0 nitrogen and oxygen atoms in total. The van der Waals surface area contributed by atoms with E-state index in [0.717, 1.165) is 51.3 Å². The van der Waals surface area contributed by atoms with Crippen molar-refractivity contribution in [2.24, 2.45) is 0 Å². The van der Waals surface area contributed by atoms with Gasteiger partial charge in [-0.15, -0.1) is 0 Å². The molecule has 178 valence electrons. The Balaban J connectivity index is 2.01. The minimum Gasteiger partial charge on any atom is -0.205 e. The fourth-order valence-electron chi connectivity index (χ4n) is 4.33. The van der Waals surface area contributed by atoms with E-state index in [0.29, 0.717) is 11.1 Å². The molecule has 0 N–H and O–H groups in total. The van der Waals surface area contributed by atoms with Crippen LogP contribution in [0.3, 0.4) is 0 Å². The topological polar surface area (TPSA) is 0 Å². The lowest BCUT2D eigenvalue weighted by Gasteiger charge is -2.23. The van der Waals surface area contributed by atoms with E-state index < -0.39 is 5.82 Å². The van der Waals surface area contributed by atoms with Crippen molar-refractivity contribution < 1.29 is 4.39 Å². The summed E-state index contributed by atoms with van der Waals surface area (Å²) in [5.74, 6) is -0.452. The van der Waals surface area contributed by atoms with Crippen LogP contribution in [0.15, 0.2) is 115 Å². The van der Waals surface area contributed by atoms with Gasteiger partial charge in [0.15, 0.2) is 5.82 Å². The molecule has 6 heteroatoms. The number of halogens is 6. The summed E-state index contributed by atoms with van der Waals surface area (Å²) < 4.78 is 20.1. The van der Waals surface area contributed by atoms with Crippen molar-refractivity contribution in [2.75, 3.05) is 0 Å². The van der Waals surface area contributed by atoms with Crippen molar-refractivity contribution in [3.8, 4) is 44.5 Å². The van der Waals surface area contributed by atoms with Crippen molar-refractivity contribution in [1.82, 2.24) is 0 Å². The minimum atomic E-state index is -0.452. The monoisotopic (exact) mass is 746 g/mol. The first-order valence-corrected chi connectivity index (χ1v) is 14.5. The van der Waals surface area contributed by atoms with Gasteiger partial charge in [-0.1, -0.05) is 104 Å². The Labute approximate surface area is 248 Å². The normalized spacial score (nSPS) is 11.1. The van der Waals surface area contributed by atoms with Crippen LogP contribution in [0.4, 0.5) is 4.39 Å². The second kappa shape index (κ2) is 10.9. The first-order valence-electron chi connectivity index (χ1n) is 10.9. The fourth-order valence-corrected chi connectivity index (χ4v) is 5.91. The number of hydrogen-bond acceptors (Lipinski definition) is 0. The van der Waals surface area contributed by atoms with Crippen LogP contribution in [0.5, 0.6) is 0 Å². The third kappa shape index (κ3) is 5.01. The van der Waals surface area contributed by atoms with E-state index in [1.165, 1.54) is 0 Å². The Morgan fingerprint density at radius 1 is 0.472 bits per heavy atom. The lowest BCUT2D eigenvalue weighted by Crippen LogP contribution is -2.00. The van der Waals surface area contributed by atoms with Gasteiger partial charge in [0, 0.05) is 34.6 Å². The number of rotatable bonds is 4. The molecule has 36 heavy (non-hydrogen) atoms. The molecule has 5 rings (SSSR count). The Morgan fingerprint density at radius 2 is 1.06 bits per heavy atom. The molecule has 0 bridgehead atoms. The second-order valence-electron chi connectivity index (χ2n) is 8.14. The highest BCUT2D eigenvalue weighted by Crippen LogP contribution is 2.51. The molecule has 0 heterocycles. The van der Waals surface area contributed by atoms with Crippen molar-refractivity contribution >= 4 is 75.3 Å². The Bertz CT molecular complexity index is 1580. The molecule has 5 aromatic carbocycles. The molecule has 0 atom stereocenters. The molecule has 0 aliphatic rings. The van der Waals surface area contributed by atoms with Crippen LogP contribution >= 0.6 is 75.3 Å². The molecule has 0 aliphatic heterocycles. The zero-order valence-corrected chi connectivity index (χ0v) is 25.6. The maximum absolute atomic E-state index is 16.5. The molecule has 0 radical (unpaired) electrons. The maximum Gasteiger partial charge on any atom is 0.150 e. The highest BCUT2D eigenvalue weighted by atomic mass is 79.9. The average Bonchev–Trinajstić information content (AvgIpc) is 2.88. The van der Waals surface area contributed by atoms with E-state index in [2.05, 4.69) is 63.7 Å². The molecule has 0 spiro atoms. The second-order valence-corrected chi connectivity index (χ2v) is 12.1. The largest absolute Gasteiger partial charge is 0.205 e. The van der Waals surface area contributed by atoms with Crippen LogP contribution in [0.1, 0.15) is 0 Å². The van der Waals surface area contributed by atoms with Crippen molar-refractivity contribution in [3.63, 3.8) is 0 Å². The van der Waals surface area contributed by atoms with Gasteiger partial charge >= 0.3 is 0 Å². The zero-order valence-electron chi connectivity index (χ0n) is 18.5. The highest BCUT2D eigenvalue weighted by Gasteiger charge is 2.27. The fraction of sp³-hybridized carbons (Fsp3) is 0. The van der Waals surface area contributed by atoms with Gasteiger partial charge in [-0.25, -0.2) is 4.39 Å². The molecule has 0 fully saturated rings. The van der Waals surface area contributed by atoms with Gasteiger partial charge in [-0.2, -0.15) is 0 Å². The minimum absolute atomic E-state index is 0.0843. The molecular formula is C30H16Br4ClF. The summed E-state index contributed by atoms with van der Waals surface area (Å²) in [6, 6.07) is 31.4. The van der Waals surface area contributed by atoms with Crippen molar-refractivity contribution in [1.29, 1.82) is 0 Å². The summed E-state index contributed by atoms with van der Waals surface area (Å²) in [5.41, 5.74) is 6.13. The van der Waals surface area contributed by atoms with Crippen LogP contribution < -0.4 is 0 Å². The first kappa shape index (κ1) is 25.9. The molecule has 0 saturated carbocycles. The zero-order chi connectivity index (χ0) is 25.4. The third-order valence-electron chi connectivity index (χ3n) is 5.90. The Kier molecular flexibility index (Phi) is 7.85. The lowest BCUT2D eigenvalue weighted by atomic mass is 9.82. The van der Waals surface area contributed by atoms with Gasteiger partial charge in [0.2, 0.25) is 0 Å². The lowest BCUT2D eigenvalue weighted by molar-refractivity contribution is 0.633. The van der Waals surface area contributed by atoms with Crippen molar-refractivity contribution in [2.45, 2.75) is 0 Å².